The number of hydrogen-bond acceptors (Lipinski definition) is 3. The molecule has 0 aliphatic heterocycles. The molecule has 2 N–H and O–H groups in total. The van der Waals surface area contributed by atoms with E-state index in [4.69, 9.17) is 5.73 Å². The highest BCUT2D eigenvalue weighted by Crippen LogP contribution is 2.17. The van der Waals surface area contributed by atoms with Gasteiger partial charge in [-0.15, -0.1) is 0 Å². The number of anilines is 2. The Hall–Kier alpha value is -2.10. The first-order valence-corrected chi connectivity index (χ1v) is 5.90. The van der Waals surface area contributed by atoms with Crippen LogP contribution in [0.2, 0.25) is 0 Å². The number of nitrogen functional groups attached to an aromatic ring is 1. The van der Waals surface area contributed by atoms with Gasteiger partial charge in [0.25, 0.3) is 0 Å². The third kappa shape index (κ3) is 2.97. The number of rotatable bonds is 4. The van der Waals surface area contributed by atoms with E-state index in [-0.39, 0.29) is 5.82 Å². The summed E-state index contributed by atoms with van der Waals surface area (Å²) >= 11 is 0. The van der Waals surface area contributed by atoms with Crippen LogP contribution in [0.3, 0.4) is 0 Å². The summed E-state index contributed by atoms with van der Waals surface area (Å²) in [7, 11) is 0. The first-order chi connectivity index (χ1) is 8.69. The molecule has 0 aliphatic carbocycles. The van der Waals surface area contributed by atoms with Crippen LogP contribution in [0.5, 0.6) is 0 Å². The molecule has 4 heteroatoms. The second-order valence-corrected chi connectivity index (χ2v) is 4.08. The minimum absolute atomic E-state index is 0.226. The summed E-state index contributed by atoms with van der Waals surface area (Å²) < 4.78 is 13.2. The zero-order valence-electron chi connectivity index (χ0n) is 10.3. The van der Waals surface area contributed by atoms with Gasteiger partial charge in [-0.3, -0.25) is 4.98 Å². The Labute approximate surface area is 106 Å². The maximum Gasteiger partial charge on any atom is 0.125 e. The number of halogens is 1. The van der Waals surface area contributed by atoms with E-state index in [9.17, 15) is 4.39 Å². The zero-order chi connectivity index (χ0) is 13.0. The predicted octanol–water partition coefficient (Wildman–Crippen LogP) is 2.83. The molecule has 0 saturated carbocycles. The first kappa shape index (κ1) is 12.4. The lowest BCUT2D eigenvalue weighted by Gasteiger charge is -2.22. The second kappa shape index (κ2) is 5.49. The van der Waals surface area contributed by atoms with E-state index in [1.54, 1.807) is 12.3 Å². The highest BCUT2D eigenvalue weighted by molar-refractivity contribution is 5.47. The SMILES string of the molecule is CCN(Cc1ccc(N)cn1)c1cccc(F)c1. The quantitative estimate of drug-likeness (QED) is 0.900. The molecule has 0 atom stereocenters. The van der Waals surface area contributed by atoms with Crippen LogP contribution in [0.15, 0.2) is 42.6 Å². The Balaban J connectivity index is 2.17. The van der Waals surface area contributed by atoms with E-state index >= 15 is 0 Å². The van der Waals surface area contributed by atoms with E-state index in [1.165, 1.54) is 12.1 Å². The van der Waals surface area contributed by atoms with Crippen molar-refractivity contribution < 1.29 is 4.39 Å². The van der Waals surface area contributed by atoms with Gasteiger partial charge in [0.15, 0.2) is 0 Å². The van der Waals surface area contributed by atoms with Crippen molar-refractivity contribution in [3.8, 4) is 0 Å². The molecule has 0 saturated heterocycles. The highest BCUT2D eigenvalue weighted by Gasteiger charge is 2.06. The van der Waals surface area contributed by atoms with E-state index in [0.29, 0.717) is 12.2 Å². The summed E-state index contributed by atoms with van der Waals surface area (Å²) in [4.78, 5) is 6.31. The van der Waals surface area contributed by atoms with Gasteiger partial charge in [-0.25, -0.2) is 4.39 Å². The molecule has 2 rings (SSSR count). The molecule has 0 fully saturated rings. The van der Waals surface area contributed by atoms with Crippen molar-refractivity contribution in [3.05, 3.63) is 54.1 Å². The van der Waals surface area contributed by atoms with Gasteiger partial charge in [-0.2, -0.15) is 0 Å². The molecule has 0 amide bonds. The van der Waals surface area contributed by atoms with Gasteiger partial charge in [0.1, 0.15) is 5.82 Å². The number of benzene rings is 1. The van der Waals surface area contributed by atoms with Crippen molar-refractivity contribution in [2.75, 3.05) is 17.2 Å². The fraction of sp³-hybridized carbons (Fsp3) is 0.214. The molecule has 18 heavy (non-hydrogen) atoms. The van der Waals surface area contributed by atoms with Crippen LogP contribution in [0, 0.1) is 5.82 Å². The molecule has 0 bridgehead atoms. The Morgan fingerprint density at radius 1 is 1.28 bits per heavy atom. The lowest BCUT2D eigenvalue weighted by molar-refractivity contribution is 0.626. The molecular weight excluding hydrogens is 229 g/mol. The third-order valence-electron chi connectivity index (χ3n) is 2.76. The predicted molar refractivity (Wildman–Crippen MR) is 71.8 cm³/mol. The van der Waals surface area contributed by atoms with Crippen molar-refractivity contribution in [3.63, 3.8) is 0 Å². The fourth-order valence-electron chi connectivity index (χ4n) is 1.78. The maximum absolute atomic E-state index is 13.2. The molecule has 2 aromatic rings. The van der Waals surface area contributed by atoms with Crippen molar-refractivity contribution in [2.45, 2.75) is 13.5 Å². The van der Waals surface area contributed by atoms with Gasteiger partial charge in [0, 0.05) is 12.2 Å². The minimum atomic E-state index is -0.226. The Bertz CT molecular complexity index is 511. The van der Waals surface area contributed by atoms with Gasteiger partial charge < -0.3 is 10.6 Å². The summed E-state index contributed by atoms with van der Waals surface area (Å²) in [5.74, 6) is -0.226. The number of nitrogens with two attached hydrogens (primary N) is 1. The second-order valence-electron chi connectivity index (χ2n) is 4.08. The zero-order valence-corrected chi connectivity index (χ0v) is 10.3. The lowest BCUT2D eigenvalue weighted by Crippen LogP contribution is -2.22. The Morgan fingerprint density at radius 3 is 2.72 bits per heavy atom. The fourth-order valence-corrected chi connectivity index (χ4v) is 1.78. The van der Waals surface area contributed by atoms with Crippen LogP contribution in [-0.2, 0) is 6.54 Å². The monoisotopic (exact) mass is 245 g/mol. The van der Waals surface area contributed by atoms with Gasteiger partial charge in [-0.1, -0.05) is 6.07 Å². The van der Waals surface area contributed by atoms with E-state index in [2.05, 4.69) is 9.88 Å². The number of hydrogen-bond donors (Lipinski definition) is 1. The van der Waals surface area contributed by atoms with Gasteiger partial charge >= 0.3 is 0 Å². The first-order valence-electron chi connectivity index (χ1n) is 5.90. The molecule has 1 aromatic heterocycles. The van der Waals surface area contributed by atoms with Crippen molar-refractivity contribution in [1.29, 1.82) is 0 Å². The van der Waals surface area contributed by atoms with Gasteiger partial charge in [0.2, 0.25) is 0 Å². The molecule has 3 nitrogen and oxygen atoms in total. The van der Waals surface area contributed by atoms with Crippen molar-refractivity contribution in [1.82, 2.24) is 4.98 Å². The van der Waals surface area contributed by atoms with Crippen molar-refractivity contribution >= 4 is 11.4 Å². The third-order valence-corrected chi connectivity index (χ3v) is 2.76. The van der Waals surface area contributed by atoms with Gasteiger partial charge in [-0.05, 0) is 37.3 Å². The van der Waals surface area contributed by atoms with Gasteiger partial charge in [0.05, 0.1) is 24.1 Å². The van der Waals surface area contributed by atoms with Crippen LogP contribution < -0.4 is 10.6 Å². The van der Waals surface area contributed by atoms with E-state index < -0.39 is 0 Å². The van der Waals surface area contributed by atoms with E-state index in [1.807, 2.05) is 25.1 Å². The van der Waals surface area contributed by atoms with Crippen molar-refractivity contribution in [2.24, 2.45) is 0 Å². The number of aromatic nitrogens is 1. The van der Waals surface area contributed by atoms with Crippen LogP contribution in [0.25, 0.3) is 0 Å². The Morgan fingerprint density at radius 2 is 2.11 bits per heavy atom. The molecular formula is C14H16FN3. The molecule has 0 aliphatic rings. The van der Waals surface area contributed by atoms with E-state index in [0.717, 1.165) is 17.9 Å². The number of nitrogens with zero attached hydrogens (tertiary/aromatic N) is 2. The average Bonchev–Trinajstić information content (AvgIpc) is 2.38. The molecule has 1 heterocycles. The lowest BCUT2D eigenvalue weighted by atomic mass is 10.2. The largest absolute Gasteiger partial charge is 0.397 e. The summed E-state index contributed by atoms with van der Waals surface area (Å²) in [6.45, 7) is 3.46. The molecule has 0 spiro atoms. The average molecular weight is 245 g/mol. The molecule has 0 radical (unpaired) electrons. The van der Waals surface area contributed by atoms with Crippen LogP contribution in [0.4, 0.5) is 15.8 Å². The standard InChI is InChI=1S/C14H16FN3/c1-2-18(14-5-3-4-11(15)8-14)10-13-7-6-12(16)9-17-13/h3-9H,2,10,16H2,1H3. The normalized spacial score (nSPS) is 10.3. The summed E-state index contributed by atoms with van der Waals surface area (Å²) in [6, 6.07) is 10.3. The van der Waals surface area contributed by atoms with Crippen LogP contribution in [0.1, 0.15) is 12.6 Å². The summed E-state index contributed by atoms with van der Waals surface area (Å²) in [5.41, 5.74) is 8.01. The highest BCUT2D eigenvalue weighted by atomic mass is 19.1. The number of pyridine rings is 1. The molecule has 94 valence electrons. The summed E-state index contributed by atoms with van der Waals surface area (Å²) in [5, 5.41) is 0. The topological polar surface area (TPSA) is 42.1 Å². The van der Waals surface area contributed by atoms with Crippen LogP contribution >= 0.6 is 0 Å². The molecule has 1 aromatic carbocycles. The maximum atomic E-state index is 13.2. The summed E-state index contributed by atoms with van der Waals surface area (Å²) in [6.07, 6.45) is 1.63. The Kier molecular flexibility index (Phi) is 3.77. The minimum Gasteiger partial charge on any atom is -0.397 e. The van der Waals surface area contributed by atoms with Crippen LogP contribution in [-0.4, -0.2) is 11.5 Å². The smallest absolute Gasteiger partial charge is 0.125 e. The molecule has 0 unspecified atom stereocenters.